The van der Waals surface area contributed by atoms with Crippen molar-refractivity contribution in [3.8, 4) is 5.75 Å². The summed E-state index contributed by atoms with van der Waals surface area (Å²) in [5.41, 5.74) is 1.71. The van der Waals surface area contributed by atoms with E-state index < -0.39 is 0 Å². The average molecular weight is 303 g/mol. The van der Waals surface area contributed by atoms with Gasteiger partial charge in [-0.3, -0.25) is 4.98 Å². The molecule has 0 N–H and O–H groups in total. The van der Waals surface area contributed by atoms with Gasteiger partial charge < -0.3 is 18.9 Å². The van der Waals surface area contributed by atoms with Crippen molar-refractivity contribution in [2.75, 3.05) is 26.4 Å². The lowest BCUT2D eigenvalue weighted by atomic mass is 10.1. The van der Waals surface area contributed by atoms with Gasteiger partial charge in [0.1, 0.15) is 5.75 Å². The summed E-state index contributed by atoms with van der Waals surface area (Å²) in [5.74, 6) is 0.204. The minimum Gasteiger partial charge on any atom is -0.482 e. The highest BCUT2D eigenvalue weighted by molar-refractivity contribution is 5.80. The standard InChI is InChI=1S/C16H17NO5/c1-2-19-15(18)10-22-13-3-4-14-11(8-13)7-12(9-17-14)16-20-5-6-21-16/h3-4,7-9,16H,2,5-6,10H2,1H3. The number of aromatic nitrogens is 1. The van der Waals surface area contributed by atoms with Gasteiger partial charge in [0.25, 0.3) is 0 Å². The fraction of sp³-hybridized carbons (Fsp3) is 0.375. The fourth-order valence-electron chi connectivity index (χ4n) is 2.24. The van der Waals surface area contributed by atoms with E-state index in [0.29, 0.717) is 25.6 Å². The first-order valence-electron chi connectivity index (χ1n) is 7.17. The third kappa shape index (κ3) is 3.35. The van der Waals surface area contributed by atoms with Crippen molar-refractivity contribution in [3.63, 3.8) is 0 Å². The Morgan fingerprint density at radius 3 is 2.91 bits per heavy atom. The number of benzene rings is 1. The van der Waals surface area contributed by atoms with E-state index >= 15 is 0 Å². The van der Waals surface area contributed by atoms with Gasteiger partial charge in [-0.15, -0.1) is 0 Å². The number of pyridine rings is 1. The molecule has 1 saturated heterocycles. The van der Waals surface area contributed by atoms with Crippen molar-refractivity contribution >= 4 is 16.9 Å². The van der Waals surface area contributed by atoms with Crippen LogP contribution in [-0.2, 0) is 19.0 Å². The predicted molar refractivity (Wildman–Crippen MR) is 78.5 cm³/mol. The van der Waals surface area contributed by atoms with Gasteiger partial charge in [-0.05, 0) is 31.2 Å². The molecule has 22 heavy (non-hydrogen) atoms. The molecule has 6 heteroatoms. The van der Waals surface area contributed by atoms with Gasteiger partial charge in [0.05, 0.1) is 25.3 Å². The Bertz CT molecular complexity index is 667. The molecule has 0 spiro atoms. The first-order valence-corrected chi connectivity index (χ1v) is 7.17. The number of hydrogen-bond donors (Lipinski definition) is 0. The van der Waals surface area contributed by atoms with Crippen LogP contribution in [-0.4, -0.2) is 37.4 Å². The molecule has 116 valence electrons. The van der Waals surface area contributed by atoms with Crippen LogP contribution >= 0.6 is 0 Å². The second-order valence-electron chi connectivity index (χ2n) is 4.79. The van der Waals surface area contributed by atoms with Crippen LogP contribution in [0.3, 0.4) is 0 Å². The lowest BCUT2D eigenvalue weighted by molar-refractivity contribution is -0.145. The summed E-state index contributed by atoms with van der Waals surface area (Å²) in [4.78, 5) is 15.7. The smallest absolute Gasteiger partial charge is 0.344 e. The zero-order chi connectivity index (χ0) is 15.4. The maximum atomic E-state index is 11.3. The maximum absolute atomic E-state index is 11.3. The van der Waals surface area contributed by atoms with Crippen LogP contribution in [0.4, 0.5) is 0 Å². The number of nitrogens with zero attached hydrogens (tertiary/aromatic N) is 1. The Kier molecular flexibility index (Phi) is 4.50. The van der Waals surface area contributed by atoms with E-state index in [1.807, 2.05) is 18.2 Å². The molecule has 1 aromatic heterocycles. The Morgan fingerprint density at radius 2 is 2.14 bits per heavy atom. The van der Waals surface area contributed by atoms with E-state index in [1.165, 1.54) is 0 Å². The number of rotatable bonds is 5. The SMILES string of the molecule is CCOC(=O)COc1ccc2ncc(C3OCCO3)cc2c1. The molecule has 2 heterocycles. The monoisotopic (exact) mass is 303 g/mol. The minimum atomic E-state index is -0.387. The highest BCUT2D eigenvalue weighted by atomic mass is 16.7. The molecule has 1 fully saturated rings. The highest BCUT2D eigenvalue weighted by Gasteiger charge is 2.18. The topological polar surface area (TPSA) is 66.9 Å². The molecule has 6 nitrogen and oxygen atoms in total. The Morgan fingerprint density at radius 1 is 1.32 bits per heavy atom. The van der Waals surface area contributed by atoms with Crippen molar-refractivity contribution in [1.29, 1.82) is 0 Å². The van der Waals surface area contributed by atoms with E-state index in [2.05, 4.69) is 4.98 Å². The lowest BCUT2D eigenvalue weighted by Gasteiger charge is -2.10. The van der Waals surface area contributed by atoms with Crippen LogP contribution in [0.2, 0.25) is 0 Å². The Balaban J connectivity index is 1.76. The van der Waals surface area contributed by atoms with Crippen molar-refractivity contribution in [2.24, 2.45) is 0 Å². The molecule has 3 rings (SSSR count). The quantitative estimate of drug-likeness (QED) is 0.789. The third-order valence-corrected chi connectivity index (χ3v) is 3.23. The zero-order valence-electron chi connectivity index (χ0n) is 12.3. The second-order valence-corrected chi connectivity index (χ2v) is 4.79. The van der Waals surface area contributed by atoms with E-state index in [-0.39, 0.29) is 18.9 Å². The van der Waals surface area contributed by atoms with Gasteiger partial charge in [-0.2, -0.15) is 0 Å². The number of hydrogen-bond acceptors (Lipinski definition) is 6. The van der Waals surface area contributed by atoms with Crippen molar-refractivity contribution in [3.05, 3.63) is 36.0 Å². The van der Waals surface area contributed by atoms with Gasteiger partial charge in [-0.1, -0.05) is 0 Å². The molecule has 0 unspecified atom stereocenters. The number of fused-ring (bicyclic) bond motifs is 1. The zero-order valence-corrected chi connectivity index (χ0v) is 12.3. The predicted octanol–water partition coefficient (Wildman–Crippen LogP) is 2.22. The summed E-state index contributed by atoms with van der Waals surface area (Å²) in [7, 11) is 0. The van der Waals surface area contributed by atoms with Gasteiger partial charge in [0.15, 0.2) is 12.9 Å². The summed E-state index contributed by atoms with van der Waals surface area (Å²) in [6, 6.07) is 7.41. The lowest BCUT2D eigenvalue weighted by Crippen LogP contribution is -2.14. The summed E-state index contributed by atoms with van der Waals surface area (Å²) in [5, 5.41) is 0.901. The molecular formula is C16H17NO5. The minimum absolute atomic E-state index is 0.110. The van der Waals surface area contributed by atoms with Crippen LogP contribution in [0.25, 0.3) is 10.9 Å². The first-order chi connectivity index (χ1) is 10.8. The largest absolute Gasteiger partial charge is 0.482 e. The summed E-state index contributed by atoms with van der Waals surface area (Å²) in [6.45, 7) is 3.17. The number of carbonyl (C=O) groups is 1. The molecule has 1 aliphatic rings. The summed E-state index contributed by atoms with van der Waals surface area (Å²) in [6.07, 6.45) is 1.39. The van der Waals surface area contributed by atoms with Gasteiger partial charge in [-0.25, -0.2) is 4.79 Å². The normalized spacial score (nSPS) is 15.1. The van der Waals surface area contributed by atoms with Crippen LogP contribution < -0.4 is 4.74 Å². The second kappa shape index (κ2) is 6.72. The molecule has 0 aliphatic carbocycles. The van der Waals surface area contributed by atoms with Crippen LogP contribution in [0, 0.1) is 0 Å². The number of carbonyl (C=O) groups excluding carboxylic acids is 1. The van der Waals surface area contributed by atoms with Crippen LogP contribution in [0.15, 0.2) is 30.5 Å². The average Bonchev–Trinajstić information content (AvgIpc) is 3.07. The molecule has 0 bridgehead atoms. The first kappa shape index (κ1) is 14.7. The van der Waals surface area contributed by atoms with Crippen LogP contribution in [0.5, 0.6) is 5.75 Å². The molecule has 0 radical (unpaired) electrons. The van der Waals surface area contributed by atoms with Crippen LogP contribution in [0.1, 0.15) is 18.8 Å². The summed E-state index contributed by atoms with van der Waals surface area (Å²) < 4.78 is 21.2. The molecule has 0 atom stereocenters. The third-order valence-electron chi connectivity index (χ3n) is 3.23. The molecule has 1 aromatic carbocycles. The Hall–Kier alpha value is -2.18. The van der Waals surface area contributed by atoms with E-state index in [0.717, 1.165) is 16.5 Å². The van der Waals surface area contributed by atoms with Gasteiger partial charge in [0, 0.05) is 17.1 Å². The Labute approximate surface area is 127 Å². The molecular weight excluding hydrogens is 286 g/mol. The maximum Gasteiger partial charge on any atom is 0.344 e. The molecule has 0 amide bonds. The van der Waals surface area contributed by atoms with Crippen molar-refractivity contribution in [2.45, 2.75) is 13.2 Å². The van der Waals surface area contributed by atoms with Crippen molar-refractivity contribution < 1.29 is 23.7 Å². The highest BCUT2D eigenvalue weighted by Crippen LogP contribution is 2.27. The molecule has 0 saturated carbocycles. The summed E-state index contributed by atoms with van der Waals surface area (Å²) >= 11 is 0. The molecule has 1 aliphatic heterocycles. The van der Waals surface area contributed by atoms with E-state index in [1.54, 1.807) is 19.2 Å². The van der Waals surface area contributed by atoms with Gasteiger partial charge >= 0.3 is 5.97 Å². The van der Waals surface area contributed by atoms with Gasteiger partial charge in [0.2, 0.25) is 0 Å². The van der Waals surface area contributed by atoms with E-state index in [4.69, 9.17) is 18.9 Å². The van der Waals surface area contributed by atoms with E-state index in [9.17, 15) is 4.79 Å². The fourth-order valence-corrected chi connectivity index (χ4v) is 2.24. The number of ether oxygens (including phenoxy) is 4. The molecule has 2 aromatic rings. The van der Waals surface area contributed by atoms with Crippen molar-refractivity contribution in [1.82, 2.24) is 4.98 Å². The number of esters is 1.